The van der Waals surface area contributed by atoms with E-state index in [9.17, 15) is 5.11 Å². The van der Waals surface area contributed by atoms with Gasteiger partial charge >= 0.3 is 0 Å². The number of pyridine rings is 1. The van der Waals surface area contributed by atoms with Crippen LogP contribution >= 0.6 is 0 Å². The molecule has 1 aromatic heterocycles. The summed E-state index contributed by atoms with van der Waals surface area (Å²) in [6.45, 7) is 5.09. The molecule has 1 aliphatic rings. The van der Waals surface area contributed by atoms with Crippen molar-refractivity contribution < 1.29 is 5.11 Å². The molecule has 1 saturated carbocycles. The van der Waals surface area contributed by atoms with Crippen LogP contribution < -0.4 is 4.90 Å². The normalized spacial score (nSPS) is 16.9. The lowest BCUT2D eigenvalue weighted by molar-refractivity contribution is 0.194. The van der Waals surface area contributed by atoms with E-state index in [-0.39, 0.29) is 0 Å². The van der Waals surface area contributed by atoms with E-state index in [2.05, 4.69) is 22.9 Å². The van der Waals surface area contributed by atoms with Crippen molar-refractivity contribution >= 4 is 5.69 Å². The average molecular weight is 234 g/mol. The van der Waals surface area contributed by atoms with E-state index in [1.54, 1.807) is 6.92 Å². The monoisotopic (exact) mass is 234 g/mol. The molecule has 0 radical (unpaired) electrons. The van der Waals surface area contributed by atoms with Crippen molar-refractivity contribution in [3.05, 3.63) is 24.0 Å². The Labute approximate surface area is 103 Å². The third kappa shape index (κ3) is 3.19. The van der Waals surface area contributed by atoms with E-state index in [4.69, 9.17) is 0 Å². The molecule has 94 valence electrons. The Bertz CT molecular complexity index is 344. The van der Waals surface area contributed by atoms with E-state index in [1.165, 1.54) is 31.4 Å². The summed E-state index contributed by atoms with van der Waals surface area (Å²) >= 11 is 0. The van der Waals surface area contributed by atoms with Crippen LogP contribution in [0.5, 0.6) is 0 Å². The summed E-state index contributed by atoms with van der Waals surface area (Å²) < 4.78 is 0. The Hall–Kier alpha value is -1.09. The zero-order valence-corrected chi connectivity index (χ0v) is 10.8. The minimum absolute atomic E-state index is 0.478. The molecule has 1 aromatic rings. The highest BCUT2D eigenvalue weighted by Gasteiger charge is 2.28. The van der Waals surface area contributed by atoms with Gasteiger partial charge in [-0.25, -0.2) is 0 Å². The molecular weight excluding hydrogens is 212 g/mol. The first-order valence-corrected chi connectivity index (χ1v) is 6.63. The molecule has 3 heteroatoms. The first-order valence-electron chi connectivity index (χ1n) is 6.63. The van der Waals surface area contributed by atoms with Gasteiger partial charge in [0.25, 0.3) is 0 Å². The average Bonchev–Trinajstić information content (AvgIpc) is 3.14. The summed E-state index contributed by atoms with van der Waals surface area (Å²) in [6, 6.07) is 4.74. The molecule has 1 atom stereocenters. The standard InChI is InChI=1S/C14H22N2O/c1-3-4-9-16(12-5-6-12)13-7-8-14(11(2)17)15-10-13/h7-8,10-12,17H,3-6,9H2,1-2H3. The van der Waals surface area contributed by atoms with E-state index >= 15 is 0 Å². The molecule has 1 aliphatic carbocycles. The Kier molecular flexibility index (Phi) is 4.00. The Morgan fingerprint density at radius 1 is 1.47 bits per heavy atom. The van der Waals surface area contributed by atoms with Crippen LogP contribution in [0.25, 0.3) is 0 Å². The number of aliphatic hydroxyl groups is 1. The highest BCUT2D eigenvalue weighted by molar-refractivity contribution is 5.47. The lowest BCUT2D eigenvalue weighted by Crippen LogP contribution is -2.26. The maximum absolute atomic E-state index is 9.44. The first kappa shape index (κ1) is 12.4. The zero-order valence-electron chi connectivity index (χ0n) is 10.8. The van der Waals surface area contributed by atoms with Crippen LogP contribution in [0, 0.1) is 0 Å². The first-order chi connectivity index (χ1) is 8.22. The van der Waals surface area contributed by atoms with Crippen molar-refractivity contribution in [3.63, 3.8) is 0 Å². The molecule has 1 N–H and O–H groups in total. The van der Waals surface area contributed by atoms with Crippen LogP contribution in [0.15, 0.2) is 18.3 Å². The van der Waals surface area contributed by atoms with Gasteiger partial charge in [0.15, 0.2) is 0 Å². The molecule has 0 spiro atoms. The minimum Gasteiger partial charge on any atom is -0.387 e. The van der Waals surface area contributed by atoms with Crippen molar-refractivity contribution in [3.8, 4) is 0 Å². The lowest BCUT2D eigenvalue weighted by Gasteiger charge is -2.24. The number of nitrogens with zero attached hydrogens (tertiary/aromatic N) is 2. The molecule has 17 heavy (non-hydrogen) atoms. The van der Waals surface area contributed by atoms with Crippen molar-refractivity contribution in [2.45, 2.75) is 51.7 Å². The predicted molar refractivity (Wildman–Crippen MR) is 70.1 cm³/mol. The third-order valence-corrected chi connectivity index (χ3v) is 3.27. The van der Waals surface area contributed by atoms with E-state index in [0.29, 0.717) is 0 Å². The number of hydrogen-bond acceptors (Lipinski definition) is 3. The Morgan fingerprint density at radius 2 is 2.24 bits per heavy atom. The maximum atomic E-state index is 9.44. The SMILES string of the molecule is CCCCN(c1ccc(C(C)O)nc1)C1CC1. The molecule has 0 aromatic carbocycles. The molecule has 2 rings (SSSR count). The van der Waals surface area contributed by atoms with Crippen LogP contribution in [0.2, 0.25) is 0 Å². The Morgan fingerprint density at radius 3 is 2.71 bits per heavy atom. The third-order valence-electron chi connectivity index (χ3n) is 3.27. The van der Waals surface area contributed by atoms with Crippen LogP contribution in [-0.4, -0.2) is 22.7 Å². The molecule has 0 bridgehead atoms. The van der Waals surface area contributed by atoms with Crippen LogP contribution in [0.3, 0.4) is 0 Å². The summed E-state index contributed by atoms with van der Waals surface area (Å²) in [5, 5.41) is 9.44. The largest absolute Gasteiger partial charge is 0.387 e. The van der Waals surface area contributed by atoms with Gasteiger partial charge in [-0.15, -0.1) is 0 Å². The van der Waals surface area contributed by atoms with E-state index in [1.807, 2.05) is 12.3 Å². The van der Waals surface area contributed by atoms with Gasteiger partial charge in [-0.2, -0.15) is 0 Å². The summed E-state index contributed by atoms with van der Waals surface area (Å²) in [6.07, 6.45) is 6.49. The molecule has 1 unspecified atom stereocenters. The second-order valence-electron chi connectivity index (χ2n) is 4.90. The molecular formula is C14H22N2O. The fraction of sp³-hybridized carbons (Fsp3) is 0.643. The Balaban J connectivity index is 2.07. The topological polar surface area (TPSA) is 36.4 Å². The van der Waals surface area contributed by atoms with Gasteiger partial charge in [0, 0.05) is 12.6 Å². The van der Waals surface area contributed by atoms with E-state index in [0.717, 1.165) is 18.3 Å². The predicted octanol–water partition coefficient (Wildman–Crippen LogP) is 2.90. The highest BCUT2D eigenvalue weighted by atomic mass is 16.3. The lowest BCUT2D eigenvalue weighted by atomic mass is 10.2. The molecule has 0 aliphatic heterocycles. The zero-order chi connectivity index (χ0) is 12.3. The van der Waals surface area contributed by atoms with Crippen molar-refractivity contribution in [2.75, 3.05) is 11.4 Å². The molecule has 0 amide bonds. The van der Waals surface area contributed by atoms with Gasteiger partial charge in [-0.05, 0) is 38.3 Å². The van der Waals surface area contributed by atoms with Crippen LogP contribution in [0.1, 0.15) is 51.3 Å². The molecule has 0 saturated heterocycles. The van der Waals surface area contributed by atoms with Gasteiger partial charge < -0.3 is 10.0 Å². The van der Waals surface area contributed by atoms with Gasteiger partial charge in [0.2, 0.25) is 0 Å². The smallest absolute Gasteiger partial charge is 0.0931 e. The van der Waals surface area contributed by atoms with E-state index < -0.39 is 6.10 Å². The quantitative estimate of drug-likeness (QED) is 0.822. The number of rotatable bonds is 6. The number of aliphatic hydroxyl groups excluding tert-OH is 1. The minimum atomic E-state index is -0.478. The summed E-state index contributed by atoms with van der Waals surface area (Å²) in [4.78, 5) is 6.79. The number of hydrogen-bond donors (Lipinski definition) is 1. The maximum Gasteiger partial charge on any atom is 0.0931 e. The summed E-state index contributed by atoms with van der Waals surface area (Å²) in [7, 11) is 0. The number of anilines is 1. The van der Waals surface area contributed by atoms with Gasteiger partial charge in [0.05, 0.1) is 23.7 Å². The fourth-order valence-corrected chi connectivity index (χ4v) is 2.05. The second-order valence-corrected chi connectivity index (χ2v) is 4.90. The van der Waals surface area contributed by atoms with Crippen molar-refractivity contribution in [1.82, 2.24) is 4.98 Å². The molecule has 3 nitrogen and oxygen atoms in total. The van der Waals surface area contributed by atoms with Crippen molar-refractivity contribution in [2.24, 2.45) is 0 Å². The van der Waals surface area contributed by atoms with Gasteiger partial charge in [-0.3, -0.25) is 4.98 Å². The van der Waals surface area contributed by atoms with Gasteiger partial charge in [-0.1, -0.05) is 13.3 Å². The summed E-state index contributed by atoms with van der Waals surface area (Å²) in [5.74, 6) is 0. The summed E-state index contributed by atoms with van der Waals surface area (Å²) in [5.41, 5.74) is 1.95. The van der Waals surface area contributed by atoms with Gasteiger partial charge in [0.1, 0.15) is 0 Å². The van der Waals surface area contributed by atoms with Crippen LogP contribution in [-0.2, 0) is 0 Å². The number of unbranched alkanes of at least 4 members (excludes halogenated alkanes) is 1. The molecule has 1 fully saturated rings. The van der Waals surface area contributed by atoms with Crippen LogP contribution in [0.4, 0.5) is 5.69 Å². The number of aromatic nitrogens is 1. The molecule has 1 heterocycles. The second kappa shape index (κ2) is 5.50. The fourth-order valence-electron chi connectivity index (χ4n) is 2.05. The van der Waals surface area contributed by atoms with Crippen molar-refractivity contribution in [1.29, 1.82) is 0 Å². The highest BCUT2D eigenvalue weighted by Crippen LogP contribution is 2.31.